The Hall–Kier alpha value is 0.430. The number of hydrogen-bond donors (Lipinski definition) is 0. The molecule has 0 unspecified atom stereocenters. The second-order valence-corrected chi connectivity index (χ2v) is 24.6. The van der Waals surface area contributed by atoms with Crippen molar-refractivity contribution in [1.29, 1.82) is 0 Å². The first-order valence-corrected chi connectivity index (χ1v) is 31.1. The number of unbranched alkanes of at least 4 members (excludes halogenated alkanes) is 45. The van der Waals surface area contributed by atoms with E-state index >= 15 is 0 Å². The van der Waals surface area contributed by atoms with Crippen LogP contribution in [-0.4, -0.2) is 24.6 Å². The highest BCUT2D eigenvalue weighted by Crippen LogP contribution is 2.61. The van der Waals surface area contributed by atoms with E-state index in [-0.39, 0.29) is 0 Å². The fourth-order valence-electron chi connectivity index (χ4n) is 10.0. The van der Waals surface area contributed by atoms with E-state index in [4.69, 9.17) is 0 Å². The topological polar surface area (TPSA) is 0 Å². The van der Waals surface area contributed by atoms with E-state index in [1.807, 2.05) is 0 Å². The maximum atomic E-state index is 2.37. The molecule has 58 heavy (non-hydrogen) atoms. The zero-order valence-corrected chi connectivity index (χ0v) is 42.8. The van der Waals surface area contributed by atoms with E-state index in [0.717, 1.165) is 0 Å². The van der Waals surface area contributed by atoms with Crippen molar-refractivity contribution in [3.63, 3.8) is 0 Å². The summed E-state index contributed by atoms with van der Waals surface area (Å²) in [6.07, 6.45) is 79.8. The molecule has 0 amide bonds. The molecule has 0 radical (unpaired) electrons. The third-order valence-electron chi connectivity index (χ3n) is 14.2. The number of hydrogen-bond acceptors (Lipinski definition) is 0. The van der Waals surface area contributed by atoms with Crippen LogP contribution in [0.2, 0.25) is 0 Å². The molecule has 0 aliphatic rings. The molecule has 0 aromatic rings. The van der Waals surface area contributed by atoms with Crippen molar-refractivity contribution in [2.45, 2.75) is 342 Å². The summed E-state index contributed by atoms with van der Waals surface area (Å²) in [6, 6.07) is 0. The summed E-state index contributed by atoms with van der Waals surface area (Å²) in [5.74, 6) is 0. The Balaban J connectivity index is 4.78. The zero-order chi connectivity index (χ0) is 42.0. The van der Waals surface area contributed by atoms with E-state index < -0.39 is 7.26 Å². The summed E-state index contributed by atoms with van der Waals surface area (Å²) in [5, 5.41) is 0. The van der Waals surface area contributed by atoms with Crippen LogP contribution < -0.4 is 0 Å². The standard InChI is InChI=1S/C57H118P/c1-5-9-13-17-21-24-27-30-33-36-39-43-47-51-55-58(54-50-46-42-20-16-12-8-4,56-52-48-44-40-37-34-31-28-25-22-18-14-10-6-2)57-53-49-45-41-38-35-32-29-26-23-19-15-11-7-3/h5-57H2,1-4H3/q+1. The molecule has 0 fully saturated rings. The van der Waals surface area contributed by atoms with Crippen molar-refractivity contribution >= 4 is 7.26 Å². The molecule has 350 valence electrons. The average molecular weight is 835 g/mol. The first-order chi connectivity index (χ1) is 28.7. The van der Waals surface area contributed by atoms with Crippen LogP contribution in [-0.2, 0) is 0 Å². The van der Waals surface area contributed by atoms with Crippen molar-refractivity contribution in [3.8, 4) is 0 Å². The minimum absolute atomic E-state index is 0.811. The summed E-state index contributed by atoms with van der Waals surface area (Å²) in [7, 11) is -0.811. The van der Waals surface area contributed by atoms with Gasteiger partial charge in [-0.15, -0.1) is 0 Å². The Bertz CT molecular complexity index is 621. The van der Waals surface area contributed by atoms with Crippen LogP contribution >= 0.6 is 7.26 Å². The Morgan fingerprint density at radius 2 is 0.241 bits per heavy atom. The van der Waals surface area contributed by atoms with E-state index in [2.05, 4.69) is 27.7 Å². The summed E-state index contributed by atoms with van der Waals surface area (Å²) in [5.41, 5.74) is 0. The van der Waals surface area contributed by atoms with Crippen molar-refractivity contribution < 1.29 is 0 Å². The van der Waals surface area contributed by atoms with E-state index in [9.17, 15) is 0 Å². The second kappa shape index (κ2) is 51.8. The molecule has 0 bridgehead atoms. The summed E-state index contributed by atoms with van der Waals surface area (Å²) >= 11 is 0. The monoisotopic (exact) mass is 834 g/mol. The fraction of sp³-hybridized carbons (Fsp3) is 1.00. The lowest BCUT2D eigenvalue weighted by Crippen LogP contribution is -2.13. The second-order valence-electron chi connectivity index (χ2n) is 20.1. The predicted octanol–water partition coefficient (Wildman–Crippen LogP) is 22.2. The molecule has 0 saturated carbocycles. The van der Waals surface area contributed by atoms with E-state index in [0.29, 0.717) is 0 Å². The fourth-order valence-corrected chi connectivity index (χ4v) is 14.9. The van der Waals surface area contributed by atoms with Crippen molar-refractivity contribution in [2.24, 2.45) is 0 Å². The van der Waals surface area contributed by atoms with Crippen LogP contribution in [0.15, 0.2) is 0 Å². The van der Waals surface area contributed by atoms with Crippen molar-refractivity contribution in [3.05, 3.63) is 0 Å². The highest BCUT2D eigenvalue weighted by atomic mass is 31.2. The third-order valence-corrected chi connectivity index (χ3v) is 19.3. The molecule has 0 rings (SSSR count). The molecule has 0 aromatic heterocycles. The zero-order valence-electron chi connectivity index (χ0n) is 41.9. The predicted molar refractivity (Wildman–Crippen MR) is 275 cm³/mol. The first kappa shape index (κ1) is 58.4. The van der Waals surface area contributed by atoms with Gasteiger partial charge in [0.1, 0.15) is 0 Å². The van der Waals surface area contributed by atoms with Gasteiger partial charge in [0.25, 0.3) is 0 Å². The van der Waals surface area contributed by atoms with Gasteiger partial charge in [-0.05, 0) is 51.4 Å². The van der Waals surface area contributed by atoms with Gasteiger partial charge >= 0.3 is 0 Å². The molecule has 0 spiro atoms. The Labute approximate surface area is 372 Å². The lowest BCUT2D eigenvalue weighted by Gasteiger charge is -2.28. The molecule has 0 aliphatic carbocycles. The average Bonchev–Trinajstić information content (AvgIpc) is 3.23. The molecule has 0 atom stereocenters. The van der Waals surface area contributed by atoms with Crippen molar-refractivity contribution in [1.82, 2.24) is 0 Å². The largest absolute Gasteiger partial charge is 0.0654 e. The van der Waals surface area contributed by atoms with Gasteiger partial charge in [-0.25, -0.2) is 0 Å². The van der Waals surface area contributed by atoms with E-state index in [1.165, 1.54) is 289 Å². The summed E-state index contributed by atoms with van der Waals surface area (Å²) in [4.78, 5) is 0. The lowest BCUT2D eigenvalue weighted by atomic mass is 10.0. The van der Waals surface area contributed by atoms with Gasteiger partial charge in [0.05, 0.1) is 24.6 Å². The maximum Gasteiger partial charge on any atom is 0.0594 e. The summed E-state index contributed by atoms with van der Waals surface area (Å²) < 4.78 is 0. The van der Waals surface area contributed by atoms with Gasteiger partial charge in [-0.3, -0.25) is 0 Å². The van der Waals surface area contributed by atoms with Crippen molar-refractivity contribution in [2.75, 3.05) is 24.6 Å². The third kappa shape index (κ3) is 45.9. The molecular weight excluding hydrogens is 716 g/mol. The lowest BCUT2D eigenvalue weighted by molar-refractivity contribution is 0.536. The highest BCUT2D eigenvalue weighted by Gasteiger charge is 2.35. The molecule has 1 heteroatoms. The van der Waals surface area contributed by atoms with Gasteiger partial charge in [0, 0.05) is 7.26 Å². The van der Waals surface area contributed by atoms with Gasteiger partial charge in [-0.2, -0.15) is 0 Å². The van der Waals surface area contributed by atoms with E-state index in [1.54, 1.807) is 50.3 Å². The molecular formula is C57H118P+. The number of rotatable bonds is 53. The Morgan fingerprint density at radius 1 is 0.138 bits per heavy atom. The maximum absolute atomic E-state index is 2.37. The van der Waals surface area contributed by atoms with Gasteiger partial charge in [0.15, 0.2) is 0 Å². The summed E-state index contributed by atoms with van der Waals surface area (Å²) in [6.45, 7) is 9.36. The van der Waals surface area contributed by atoms with Gasteiger partial charge in [0.2, 0.25) is 0 Å². The van der Waals surface area contributed by atoms with Crippen LogP contribution in [0.25, 0.3) is 0 Å². The minimum Gasteiger partial charge on any atom is -0.0654 e. The Morgan fingerprint density at radius 3 is 0.362 bits per heavy atom. The minimum atomic E-state index is -0.811. The van der Waals surface area contributed by atoms with Crippen LogP contribution in [0.1, 0.15) is 342 Å². The first-order valence-electron chi connectivity index (χ1n) is 28.6. The SMILES string of the molecule is CCCCCCCCCCCCCCCC[P+](CCCCCCCCC)(CCCCCCCCCCCCCCCC)CCCCCCCCCCCCCCCC. The van der Waals surface area contributed by atoms with Crippen LogP contribution in [0.3, 0.4) is 0 Å². The van der Waals surface area contributed by atoms with Crippen LogP contribution in [0.5, 0.6) is 0 Å². The molecule has 0 nitrogen and oxygen atoms in total. The van der Waals surface area contributed by atoms with Crippen LogP contribution in [0, 0.1) is 0 Å². The Kier molecular flexibility index (Phi) is 52.2. The van der Waals surface area contributed by atoms with Gasteiger partial charge < -0.3 is 0 Å². The van der Waals surface area contributed by atoms with Crippen LogP contribution in [0.4, 0.5) is 0 Å². The normalized spacial score (nSPS) is 12.0. The molecule has 0 saturated heterocycles. The molecule has 0 aromatic carbocycles. The van der Waals surface area contributed by atoms with Gasteiger partial charge in [-0.1, -0.05) is 291 Å². The molecule has 0 heterocycles. The molecule has 0 aliphatic heterocycles. The molecule has 0 N–H and O–H groups in total. The quantitative estimate of drug-likeness (QED) is 0.0423. The smallest absolute Gasteiger partial charge is 0.0594 e. The highest BCUT2D eigenvalue weighted by molar-refractivity contribution is 7.75.